The lowest BCUT2D eigenvalue weighted by Crippen LogP contribution is -2.19. The average molecular weight is 354 g/mol. The zero-order valence-corrected chi connectivity index (χ0v) is 15.3. The van der Waals surface area contributed by atoms with Gasteiger partial charge >= 0.3 is 0 Å². The normalized spacial score (nSPS) is 14.6. The Morgan fingerprint density at radius 2 is 1.77 bits per heavy atom. The lowest BCUT2D eigenvalue weighted by Gasteiger charge is -2.28. The van der Waals surface area contributed by atoms with E-state index in [1.54, 1.807) is 29.7 Å². The number of aliphatic hydroxyl groups excluding tert-OH is 1. The fourth-order valence-electron chi connectivity index (χ4n) is 1.85. The molecule has 2 nitrogen and oxygen atoms in total. The van der Waals surface area contributed by atoms with Gasteiger partial charge in [-0.2, -0.15) is 0 Å². The SMILES string of the molecule is CC(C)(C)S[C@@H](Sc1ccccn1)[C@@H](O)c1ccc(Cl)cc1. The molecule has 0 saturated carbocycles. The van der Waals surface area contributed by atoms with Crippen molar-refractivity contribution in [1.29, 1.82) is 0 Å². The second kappa shape index (κ2) is 7.73. The van der Waals surface area contributed by atoms with Gasteiger partial charge < -0.3 is 5.11 Å². The van der Waals surface area contributed by atoms with E-state index in [1.165, 1.54) is 0 Å². The summed E-state index contributed by atoms with van der Waals surface area (Å²) < 4.78 is -0.00378. The Labute approximate surface area is 145 Å². The van der Waals surface area contributed by atoms with Crippen molar-refractivity contribution in [2.45, 2.75) is 41.2 Å². The lowest BCUT2D eigenvalue weighted by atomic mass is 10.1. The number of rotatable bonds is 5. The summed E-state index contributed by atoms with van der Waals surface area (Å²) in [4.78, 5) is 4.36. The Morgan fingerprint density at radius 1 is 1.09 bits per heavy atom. The highest BCUT2D eigenvalue weighted by atomic mass is 35.5. The van der Waals surface area contributed by atoms with Crippen molar-refractivity contribution < 1.29 is 5.11 Å². The summed E-state index contributed by atoms with van der Waals surface area (Å²) in [7, 11) is 0. The summed E-state index contributed by atoms with van der Waals surface area (Å²) in [6.07, 6.45) is 1.18. The second-order valence-corrected chi connectivity index (χ2v) is 9.75. The summed E-state index contributed by atoms with van der Waals surface area (Å²) in [6, 6.07) is 13.2. The highest BCUT2D eigenvalue weighted by molar-refractivity contribution is 8.17. The van der Waals surface area contributed by atoms with E-state index >= 15 is 0 Å². The fraction of sp³-hybridized carbons (Fsp3) is 0.353. The zero-order valence-electron chi connectivity index (χ0n) is 12.9. The van der Waals surface area contributed by atoms with E-state index in [9.17, 15) is 5.11 Å². The van der Waals surface area contributed by atoms with Crippen LogP contribution in [0.15, 0.2) is 53.7 Å². The van der Waals surface area contributed by atoms with E-state index in [-0.39, 0.29) is 9.33 Å². The quantitative estimate of drug-likeness (QED) is 0.574. The molecule has 2 atom stereocenters. The minimum atomic E-state index is -0.589. The maximum atomic E-state index is 10.8. The molecule has 118 valence electrons. The van der Waals surface area contributed by atoms with Crippen molar-refractivity contribution in [2.24, 2.45) is 0 Å². The topological polar surface area (TPSA) is 33.1 Å². The molecule has 0 aliphatic rings. The van der Waals surface area contributed by atoms with Gasteiger partial charge in [-0.15, -0.1) is 11.8 Å². The zero-order chi connectivity index (χ0) is 16.2. The van der Waals surface area contributed by atoms with E-state index in [0.717, 1.165) is 10.6 Å². The number of thioether (sulfide) groups is 2. The molecule has 22 heavy (non-hydrogen) atoms. The Kier molecular flexibility index (Phi) is 6.21. The number of halogens is 1. The van der Waals surface area contributed by atoms with Gasteiger partial charge in [-0.1, -0.05) is 62.3 Å². The first-order chi connectivity index (χ1) is 10.3. The molecule has 1 heterocycles. The van der Waals surface area contributed by atoms with Crippen molar-refractivity contribution in [1.82, 2.24) is 4.98 Å². The number of nitrogens with zero attached hydrogens (tertiary/aromatic N) is 1. The van der Waals surface area contributed by atoms with Gasteiger partial charge in [-0.3, -0.25) is 0 Å². The minimum Gasteiger partial charge on any atom is -0.386 e. The average Bonchev–Trinajstić information content (AvgIpc) is 2.46. The van der Waals surface area contributed by atoms with Crippen LogP contribution in [0.25, 0.3) is 0 Å². The van der Waals surface area contributed by atoms with Crippen molar-refractivity contribution in [2.75, 3.05) is 0 Å². The van der Waals surface area contributed by atoms with Crippen molar-refractivity contribution in [3.63, 3.8) is 0 Å². The Morgan fingerprint density at radius 3 is 2.32 bits per heavy atom. The van der Waals surface area contributed by atoms with E-state index < -0.39 is 6.10 Å². The summed E-state index contributed by atoms with van der Waals surface area (Å²) in [5, 5.41) is 12.4. The monoisotopic (exact) mass is 353 g/mol. The third-order valence-corrected chi connectivity index (χ3v) is 5.81. The highest BCUT2D eigenvalue weighted by Crippen LogP contribution is 2.43. The molecular formula is C17H20ClNOS2. The molecule has 1 N–H and O–H groups in total. The first kappa shape index (κ1) is 17.7. The van der Waals surface area contributed by atoms with Crippen molar-refractivity contribution >= 4 is 35.1 Å². The lowest BCUT2D eigenvalue weighted by molar-refractivity contribution is 0.196. The van der Waals surface area contributed by atoms with Crippen LogP contribution in [0.1, 0.15) is 32.4 Å². The van der Waals surface area contributed by atoms with Gasteiger partial charge in [-0.25, -0.2) is 4.98 Å². The Balaban J connectivity index is 2.21. The molecule has 1 aromatic heterocycles. The highest BCUT2D eigenvalue weighted by Gasteiger charge is 2.28. The second-order valence-electron chi connectivity index (χ2n) is 5.88. The summed E-state index contributed by atoms with van der Waals surface area (Å²) in [5.41, 5.74) is 0.870. The van der Waals surface area contributed by atoms with E-state index in [4.69, 9.17) is 11.6 Å². The third-order valence-electron chi connectivity index (χ3n) is 2.81. The van der Waals surface area contributed by atoms with Crippen molar-refractivity contribution in [3.8, 4) is 0 Å². The van der Waals surface area contributed by atoms with Gasteiger partial charge in [-0.05, 0) is 29.8 Å². The Hall–Kier alpha value is -0.680. The predicted molar refractivity (Wildman–Crippen MR) is 97.6 cm³/mol. The summed E-state index contributed by atoms with van der Waals surface area (Å²) in [6.45, 7) is 6.45. The molecule has 0 saturated heterocycles. The van der Waals surface area contributed by atoms with Crippen LogP contribution in [0, 0.1) is 0 Å². The summed E-state index contributed by atoms with van der Waals surface area (Å²) >= 11 is 9.27. The summed E-state index contributed by atoms with van der Waals surface area (Å²) in [5.74, 6) is 0. The molecular weight excluding hydrogens is 334 g/mol. The Bertz CT molecular complexity index is 584. The molecule has 5 heteroatoms. The number of pyridine rings is 1. The number of hydrogen-bond donors (Lipinski definition) is 1. The van der Waals surface area contributed by atoms with Crippen LogP contribution in [0.4, 0.5) is 0 Å². The standard InChI is InChI=1S/C17H20ClNOS2/c1-17(2,3)22-16(21-14-6-4-5-11-19-14)15(20)12-7-9-13(18)10-8-12/h4-11,15-16,20H,1-3H3/t15-,16+/m0/s1. The molecule has 0 fully saturated rings. The molecule has 0 amide bonds. The molecule has 0 bridgehead atoms. The van der Waals surface area contributed by atoms with Gasteiger partial charge in [0.15, 0.2) is 0 Å². The first-order valence-corrected chi connectivity index (χ1v) is 9.18. The molecule has 1 aromatic carbocycles. The van der Waals surface area contributed by atoms with Crippen LogP contribution in [0.3, 0.4) is 0 Å². The molecule has 0 radical (unpaired) electrons. The van der Waals surface area contributed by atoms with Crippen LogP contribution in [-0.4, -0.2) is 19.4 Å². The maximum absolute atomic E-state index is 10.8. The number of aliphatic hydroxyl groups is 1. The van der Waals surface area contributed by atoms with E-state index in [2.05, 4.69) is 25.8 Å². The van der Waals surface area contributed by atoms with Gasteiger partial charge in [0.25, 0.3) is 0 Å². The minimum absolute atomic E-state index is 0.0415. The van der Waals surface area contributed by atoms with E-state index in [0.29, 0.717) is 5.02 Å². The molecule has 2 aromatic rings. The molecule has 0 spiro atoms. The van der Waals surface area contributed by atoms with Crippen LogP contribution in [0.5, 0.6) is 0 Å². The molecule has 0 aliphatic carbocycles. The van der Waals surface area contributed by atoms with E-state index in [1.807, 2.05) is 42.5 Å². The van der Waals surface area contributed by atoms with Crippen LogP contribution < -0.4 is 0 Å². The van der Waals surface area contributed by atoms with Crippen LogP contribution >= 0.6 is 35.1 Å². The van der Waals surface area contributed by atoms with Crippen molar-refractivity contribution in [3.05, 3.63) is 59.2 Å². The smallest absolute Gasteiger partial charge is 0.100 e. The molecule has 0 unspecified atom stereocenters. The van der Waals surface area contributed by atoms with Gasteiger partial charge in [0.05, 0.1) is 9.61 Å². The maximum Gasteiger partial charge on any atom is 0.100 e. The molecule has 2 rings (SSSR count). The number of hydrogen-bond acceptors (Lipinski definition) is 4. The van der Waals surface area contributed by atoms with Crippen LogP contribution in [-0.2, 0) is 0 Å². The van der Waals surface area contributed by atoms with Gasteiger partial charge in [0, 0.05) is 16.0 Å². The third kappa shape index (κ3) is 5.51. The number of aromatic nitrogens is 1. The van der Waals surface area contributed by atoms with Crippen LogP contribution in [0.2, 0.25) is 5.02 Å². The van der Waals surface area contributed by atoms with Gasteiger partial charge in [0.2, 0.25) is 0 Å². The molecule has 0 aliphatic heterocycles. The first-order valence-electron chi connectivity index (χ1n) is 7.04. The fourth-order valence-corrected chi connectivity index (χ4v) is 5.12. The number of benzene rings is 1. The largest absolute Gasteiger partial charge is 0.386 e. The predicted octanol–water partition coefficient (Wildman–Crippen LogP) is 5.42. The van der Waals surface area contributed by atoms with Gasteiger partial charge in [0.1, 0.15) is 6.10 Å².